The molecule has 0 aliphatic carbocycles. The van der Waals surface area contributed by atoms with Gasteiger partial charge in [0.1, 0.15) is 5.82 Å². The van der Waals surface area contributed by atoms with Gasteiger partial charge in [-0.2, -0.15) is 0 Å². The summed E-state index contributed by atoms with van der Waals surface area (Å²) in [6, 6.07) is 4.44. The van der Waals surface area contributed by atoms with Gasteiger partial charge in [0.25, 0.3) is 0 Å². The van der Waals surface area contributed by atoms with Gasteiger partial charge in [-0.1, -0.05) is 25.4 Å². The number of hydrazine groups is 1. The molecule has 20 heavy (non-hydrogen) atoms. The molecule has 0 aromatic heterocycles. The van der Waals surface area contributed by atoms with Crippen molar-refractivity contribution in [1.29, 1.82) is 0 Å². The zero-order valence-electron chi connectivity index (χ0n) is 12.7. The fourth-order valence-corrected chi connectivity index (χ4v) is 3.21. The molecule has 1 atom stereocenters. The largest absolute Gasteiger partial charge is 0.302 e. The molecule has 3 nitrogen and oxygen atoms in total. The van der Waals surface area contributed by atoms with Crippen molar-refractivity contribution >= 4 is 11.6 Å². The van der Waals surface area contributed by atoms with Gasteiger partial charge in [-0.25, -0.2) is 4.39 Å². The van der Waals surface area contributed by atoms with Crippen LogP contribution in [0.5, 0.6) is 0 Å². The van der Waals surface area contributed by atoms with Crippen LogP contribution < -0.4 is 11.3 Å². The molecular weight excluding hydrogens is 277 g/mol. The summed E-state index contributed by atoms with van der Waals surface area (Å²) in [6.07, 6.45) is 2.48. The first kappa shape index (κ1) is 17.4. The van der Waals surface area contributed by atoms with E-state index in [1.54, 1.807) is 6.07 Å². The number of halogens is 2. The van der Waals surface area contributed by atoms with Gasteiger partial charge >= 0.3 is 0 Å². The normalized spacial score (nSPS) is 13.8. The van der Waals surface area contributed by atoms with E-state index in [-0.39, 0.29) is 17.4 Å². The number of benzene rings is 1. The Labute approximate surface area is 126 Å². The molecule has 1 unspecified atom stereocenters. The maximum atomic E-state index is 13.4. The average molecular weight is 302 g/mol. The van der Waals surface area contributed by atoms with Crippen LogP contribution in [0.25, 0.3) is 0 Å². The van der Waals surface area contributed by atoms with E-state index < -0.39 is 0 Å². The fraction of sp³-hybridized carbons (Fsp3) is 0.600. The van der Waals surface area contributed by atoms with Crippen molar-refractivity contribution in [2.45, 2.75) is 44.7 Å². The minimum Gasteiger partial charge on any atom is -0.302 e. The third-order valence-corrected chi connectivity index (χ3v) is 4.77. The predicted octanol–water partition coefficient (Wildman–Crippen LogP) is 2.97. The summed E-state index contributed by atoms with van der Waals surface area (Å²) in [5.41, 5.74) is 3.59. The third kappa shape index (κ3) is 3.50. The lowest BCUT2D eigenvalue weighted by Crippen LogP contribution is -2.61. The maximum absolute atomic E-state index is 13.4. The number of rotatable bonds is 7. The standard InChI is InChI=1S/C15H25ClFN3/c1-5-15(6-2,20(3)4)14(19-18)10-11-9-12(17)7-8-13(11)16/h7-9,14,19H,5-6,10,18H2,1-4H3. The number of nitrogens with one attached hydrogen (secondary N) is 1. The lowest BCUT2D eigenvalue weighted by Gasteiger charge is -2.45. The van der Waals surface area contributed by atoms with Gasteiger partial charge in [0.15, 0.2) is 0 Å². The predicted molar refractivity (Wildman–Crippen MR) is 83.2 cm³/mol. The van der Waals surface area contributed by atoms with E-state index in [9.17, 15) is 4.39 Å². The van der Waals surface area contributed by atoms with E-state index in [4.69, 9.17) is 17.4 Å². The first-order valence-corrected chi connectivity index (χ1v) is 7.36. The van der Waals surface area contributed by atoms with E-state index in [1.165, 1.54) is 12.1 Å². The van der Waals surface area contributed by atoms with Crippen molar-refractivity contribution < 1.29 is 4.39 Å². The van der Waals surface area contributed by atoms with Crippen LogP contribution in [0.1, 0.15) is 32.3 Å². The zero-order valence-corrected chi connectivity index (χ0v) is 13.5. The second-order valence-corrected chi connectivity index (χ2v) is 5.77. The first-order chi connectivity index (χ1) is 9.41. The van der Waals surface area contributed by atoms with Crippen molar-refractivity contribution in [1.82, 2.24) is 10.3 Å². The minimum atomic E-state index is -0.274. The van der Waals surface area contributed by atoms with Crippen LogP contribution >= 0.6 is 11.6 Å². The van der Waals surface area contributed by atoms with Crippen molar-refractivity contribution in [2.24, 2.45) is 5.84 Å². The van der Waals surface area contributed by atoms with E-state index in [2.05, 4.69) is 24.2 Å². The van der Waals surface area contributed by atoms with E-state index in [0.717, 1.165) is 18.4 Å². The molecule has 0 heterocycles. The second kappa shape index (κ2) is 7.36. The SMILES string of the molecule is CCC(CC)(C(Cc1cc(F)ccc1Cl)NN)N(C)C. The Kier molecular flexibility index (Phi) is 6.40. The Morgan fingerprint density at radius 3 is 2.40 bits per heavy atom. The molecule has 0 aliphatic heterocycles. The third-order valence-electron chi connectivity index (χ3n) is 4.40. The van der Waals surface area contributed by atoms with Crippen LogP contribution in [0.15, 0.2) is 18.2 Å². The molecule has 0 aliphatic rings. The number of hydrogen-bond donors (Lipinski definition) is 2. The van der Waals surface area contributed by atoms with Crippen LogP contribution in [-0.2, 0) is 6.42 Å². The molecule has 1 rings (SSSR count). The molecule has 0 bridgehead atoms. The lowest BCUT2D eigenvalue weighted by molar-refractivity contribution is 0.0882. The van der Waals surface area contributed by atoms with Gasteiger partial charge < -0.3 is 4.90 Å². The smallest absolute Gasteiger partial charge is 0.123 e. The molecule has 0 amide bonds. The summed E-state index contributed by atoms with van der Waals surface area (Å²) < 4.78 is 13.4. The molecule has 5 heteroatoms. The summed E-state index contributed by atoms with van der Waals surface area (Å²) in [4.78, 5) is 2.19. The van der Waals surface area contributed by atoms with Gasteiger partial charge in [-0.05, 0) is 57.1 Å². The van der Waals surface area contributed by atoms with Gasteiger partial charge in [-0.15, -0.1) is 0 Å². The van der Waals surface area contributed by atoms with Crippen molar-refractivity contribution in [3.63, 3.8) is 0 Å². The van der Waals surface area contributed by atoms with E-state index in [0.29, 0.717) is 11.4 Å². The molecule has 114 valence electrons. The highest BCUT2D eigenvalue weighted by Crippen LogP contribution is 2.29. The van der Waals surface area contributed by atoms with Gasteiger partial charge in [0.05, 0.1) is 0 Å². The van der Waals surface area contributed by atoms with Crippen LogP contribution in [0, 0.1) is 5.82 Å². The summed E-state index contributed by atoms with van der Waals surface area (Å²) in [7, 11) is 4.09. The number of nitrogens with two attached hydrogens (primary N) is 1. The average Bonchev–Trinajstić information content (AvgIpc) is 2.42. The van der Waals surface area contributed by atoms with Crippen LogP contribution in [0.2, 0.25) is 5.02 Å². The van der Waals surface area contributed by atoms with Gasteiger partial charge in [0.2, 0.25) is 0 Å². The van der Waals surface area contributed by atoms with Crippen molar-refractivity contribution in [2.75, 3.05) is 14.1 Å². The Hall–Kier alpha value is -0.680. The van der Waals surface area contributed by atoms with E-state index in [1.807, 2.05) is 14.1 Å². The van der Waals surface area contributed by atoms with E-state index >= 15 is 0 Å². The van der Waals surface area contributed by atoms with Crippen LogP contribution in [0.3, 0.4) is 0 Å². The molecule has 0 spiro atoms. The van der Waals surface area contributed by atoms with Crippen molar-refractivity contribution in [3.05, 3.63) is 34.6 Å². The molecule has 0 radical (unpaired) electrons. The molecule has 1 aromatic rings. The Balaban J connectivity index is 3.09. The maximum Gasteiger partial charge on any atom is 0.123 e. The number of nitrogens with zero attached hydrogens (tertiary/aromatic N) is 1. The molecule has 0 fully saturated rings. The summed E-state index contributed by atoms with van der Waals surface area (Å²) in [5, 5.41) is 0.575. The van der Waals surface area contributed by atoms with Crippen molar-refractivity contribution in [3.8, 4) is 0 Å². The molecule has 0 saturated heterocycles. The Morgan fingerprint density at radius 1 is 1.35 bits per heavy atom. The highest BCUT2D eigenvalue weighted by molar-refractivity contribution is 6.31. The Bertz CT molecular complexity index is 433. The van der Waals surface area contributed by atoms with Crippen LogP contribution in [-0.4, -0.2) is 30.6 Å². The molecule has 0 saturated carbocycles. The number of likely N-dealkylation sites (N-methyl/N-ethyl adjacent to an activating group) is 1. The van der Waals surface area contributed by atoms with Crippen LogP contribution in [0.4, 0.5) is 4.39 Å². The fourth-order valence-electron chi connectivity index (χ4n) is 3.01. The highest BCUT2D eigenvalue weighted by Gasteiger charge is 2.37. The second-order valence-electron chi connectivity index (χ2n) is 5.36. The minimum absolute atomic E-state index is 0.00759. The quantitative estimate of drug-likeness (QED) is 0.601. The zero-order chi connectivity index (χ0) is 15.3. The summed E-state index contributed by atoms with van der Waals surface area (Å²) in [5.74, 6) is 5.50. The van der Waals surface area contributed by atoms with Gasteiger partial charge in [-0.3, -0.25) is 11.3 Å². The monoisotopic (exact) mass is 301 g/mol. The molecule has 1 aromatic carbocycles. The molecular formula is C15H25ClFN3. The highest BCUT2D eigenvalue weighted by atomic mass is 35.5. The summed E-state index contributed by atoms with van der Waals surface area (Å²) >= 11 is 6.16. The number of hydrogen-bond acceptors (Lipinski definition) is 3. The molecule has 3 N–H and O–H groups in total. The first-order valence-electron chi connectivity index (χ1n) is 6.98. The Morgan fingerprint density at radius 2 is 1.95 bits per heavy atom. The van der Waals surface area contributed by atoms with Gasteiger partial charge in [0, 0.05) is 16.6 Å². The lowest BCUT2D eigenvalue weighted by atomic mass is 9.80. The topological polar surface area (TPSA) is 41.3 Å². The summed E-state index contributed by atoms with van der Waals surface area (Å²) in [6.45, 7) is 4.28.